The molecule has 1 aliphatic carbocycles. The van der Waals surface area contributed by atoms with Gasteiger partial charge in [-0.25, -0.2) is 4.79 Å². The Labute approximate surface area is 198 Å². The van der Waals surface area contributed by atoms with Crippen LogP contribution in [-0.2, 0) is 24.2 Å². The Bertz CT molecular complexity index is 1010. The maximum Gasteiger partial charge on any atom is 0.348 e. The second-order valence-corrected chi connectivity index (χ2v) is 9.09. The zero-order chi connectivity index (χ0) is 23.1. The molecule has 174 valence electrons. The second-order valence-electron chi connectivity index (χ2n) is 7.69. The Hall–Kier alpha value is -2.03. The highest BCUT2D eigenvalue weighted by Gasteiger charge is 2.21. The van der Waals surface area contributed by atoms with Gasteiger partial charge in [0.05, 0.1) is 18.6 Å². The SMILES string of the molecule is CCN(CC)CCn1c2c(c(SCC(=O)Nc3cc(Cl)ccc3OC)nc1=O)CCCC2. The molecule has 1 heterocycles. The van der Waals surface area contributed by atoms with Crippen molar-refractivity contribution in [2.75, 3.05) is 37.8 Å². The first-order valence-electron chi connectivity index (χ1n) is 11.1. The number of amides is 1. The third kappa shape index (κ3) is 6.05. The summed E-state index contributed by atoms with van der Waals surface area (Å²) in [7, 11) is 1.54. The number of ether oxygens (including phenoxy) is 1. The lowest BCUT2D eigenvalue weighted by Crippen LogP contribution is -2.35. The van der Waals surface area contributed by atoms with Gasteiger partial charge in [0.1, 0.15) is 10.8 Å². The molecule has 32 heavy (non-hydrogen) atoms. The van der Waals surface area contributed by atoms with Gasteiger partial charge in [-0.1, -0.05) is 37.2 Å². The van der Waals surface area contributed by atoms with Crippen molar-refractivity contribution in [1.29, 1.82) is 0 Å². The van der Waals surface area contributed by atoms with Crippen LogP contribution in [0.1, 0.15) is 37.9 Å². The monoisotopic (exact) mass is 478 g/mol. The van der Waals surface area contributed by atoms with Gasteiger partial charge in [0.15, 0.2) is 0 Å². The Kier molecular flexibility index (Phi) is 9.02. The summed E-state index contributed by atoms with van der Waals surface area (Å²) in [5.74, 6) is 0.490. The van der Waals surface area contributed by atoms with Gasteiger partial charge >= 0.3 is 5.69 Å². The van der Waals surface area contributed by atoms with E-state index in [1.165, 1.54) is 11.8 Å². The van der Waals surface area contributed by atoms with Gasteiger partial charge < -0.3 is 15.0 Å². The number of hydrogen-bond donors (Lipinski definition) is 1. The standard InChI is InChI=1S/C23H31ClN4O3S/c1-4-27(5-2)12-13-28-19-9-7-6-8-17(19)22(26-23(28)30)32-15-21(29)25-18-14-16(24)10-11-20(18)31-3/h10-11,14H,4-9,12-13,15H2,1-3H3,(H,25,29). The lowest BCUT2D eigenvalue weighted by Gasteiger charge is -2.24. The number of aromatic nitrogens is 2. The zero-order valence-corrected chi connectivity index (χ0v) is 20.5. The molecule has 0 aliphatic heterocycles. The van der Waals surface area contributed by atoms with Crippen LogP contribution in [0.2, 0.25) is 5.02 Å². The fraction of sp³-hybridized carbons (Fsp3) is 0.522. The van der Waals surface area contributed by atoms with E-state index in [9.17, 15) is 9.59 Å². The van der Waals surface area contributed by atoms with E-state index in [2.05, 4.69) is 29.0 Å². The number of rotatable bonds is 10. The van der Waals surface area contributed by atoms with E-state index < -0.39 is 0 Å². The summed E-state index contributed by atoms with van der Waals surface area (Å²) in [5, 5.41) is 4.03. The maximum atomic E-state index is 12.8. The third-order valence-electron chi connectivity index (χ3n) is 5.76. The topological polar surface area (TPSA) is 76.5 Å². The molecule has 3 rings (SSSR count). The Morgan fingerprint density at radius 2 is 2.03 bits per heavy atom. The highest BCUT2D eigenvalue weighted by Crippen LogP contribution is 2.30. The highest BCUT2D eigenvalue weighted by atomic mass is 35.5. The Balaban J connectivity index is 1.74. The van der Waals surface area contributed by atoms with Gasteiger partial charge in [-0.2, -0.15) is 4.98 Å². The van der Waals surface area contributed by atoms with Gasteiger partial charge in [-0.15, -0.1) is 0 Å². The van der Waals surface area contributed by atoms with Crippen LogP contribution in [-0.4, -0.2) is 52.9 Å². The van der Waals surface area contributed by atoms with Crippen molar-refractivity contribution in [2.45, 2.75) is 51.1 Å². The van der Waals surface area contributed by atoms with Crippen molar-refractivity contribution in [3.8, 4) is 5.75 Å². The number of benzene rings is 1. The molecule has 1 aromatic carbocycles. The summed E-state index contributed by atoms with van der Waals surface area (Å²) in [6.07, 6.45) is 3.91. The van der Waals surface area contributed by atoms with E-state index in [1.807, 2.05) is 4.57 Å². The van der Waals surface area contributed by atoms with Crippen LogP contribution in [0, 0.1) is 0 Å². The second kappa shape index (κ2) is 11.7. The van der Waals surface area contributed by atoms with Gasteiger partial charge in [0, 0.05) is 29.4 Å². The molecule has 0 bridgehead atoms. The minimum absolute atomic E-state index is 0.151. The summed E-state index contributed by atoms with van der Waals surface area (Å²) < 4.78 is 7.12. The largest absolute Gasteiger partial charge is 0.495 e. The quantitative estimate of drug-likeness (QED) is 0.413. The van der Waals surface area contributed by atoms with Crippen LogP contribution in [0.15, 0.2) is 28.0 Å². The van der Waals surface area contributed by atoms with Crippen molar-refractivity contribution in [2.24, 2.45) is 0 Å². The summed E-state index contributed by atoms with van der Waals surface area (Å²) in [6, 6.07) is 5.07. The number of likely N-dealkylation sites (N-methyl/N-ethyl adjacent to an activating group) is 1. The van der Waals surface area contributed by atoms with E-state index in [-0.39, 0.29) is 17.3 Å². The van der Waals surface area contributed by atoms with E-state index in [4.69, 9.17) is 16.3 Å². The first kappa shape index (κ1) is 24.6. The molecule has 0 saturated heterocycles. The Morgan fingerprint density at radius 3 is 2.75 bits per heavy atom. The van der Waals surface area contributed by atoms with E-state index >= 15 is 0 Å². The van der Waals surface area contributed by atoms with Crippen LogP contribution in [0.5, 0.6) is 5.75 Å². The number of halogens is 1. The van der Waals surface area contributed by atoms with E-state index in [1.54, 1.807) is 25.3 Å². The van der Waals surface area contributed by atoms with Crippen molar-refractivity contribution < 1.29 is 9.53 Å². The number of nitrogens with one attached hydrogen (secondary N) is 1. The van der Waals surface area contributed by atoms with Gasteiger partial charge in [-0.3, -0.25) is 9.36 Å². The number of fused-ring (bicyclic) bond motifs is 1. The number of methoxy groups -OCH3 is 1. The van der Waals surface area contributed by atoms with Crippen LogP contribution >= 0.6 is 23.4 Å². The lowest BCUT2D eigenvalue weighted by molar-refractivity contribution is -0.113. The molecule has 0 radical (unpaired) electrons. The summed E-state index contributed by atoms with van der Waals surface area (Å²) in [5.41, 5.74) is 2.50. The predicted molar refractivity (Wildman–Crippen MR) is 130 cm³/mol. The molecule has 0 fully saturated rings. The molecule has 0 atom stereocenters. The number of carbonyl (C=O) groups excluding carboxylic acids is 1. The number of nitrogens with zero attached hydrogens (tertiary/aromatic N) is 3. The molecule has 7 nitrogen and oxygen atoms in total. The number of thioether (sulfide) groups is 1. The lowest BCUT2D eigenvalue weighted by atomic mass is 9.97. The summed E-state index contributed by atoms with van der Waals surface area (Å²) >= 11 is 7.36. The average Bonchev–Trinajstić information content (AvgIpc) is 2.79. The van der Waals surface area contributed by atoms with Crippen LogP contribution < -0.4 is 15.7 Å². The van der Waals surface area contributed by atoms with E-state index in [0.29, 0.717) is 28.0 Å². The van der Waals surface area contributed by atoms with Crippen molar-refractivity contribution in [3.63, 3.8) is 0 Å². The molecule has 0 spiro atoms. The highest BCUT2D eigenvalue weighted by molar-refractivity contribution is 8.00. The van der Waals surface area contributed by atoms with Gasteiger partial charge in [0.25, 0.3) is 0 Å². The zero-order valence-electron chi connectivity index (χ0n) is 18.9. The Morgan fingerprint density at radius 1 is 1.28 bits per heavy atom. The fourth-order valence-corrected chi connectivity index (χ4v) is 5.03. The summed E-state index contributed by atoms with van der Waals surface area (Å²) in [6.45, 7) is 7.66. The van der Waals surface area contributed by atoms with Gasteiger partial charge in [-0.05, 0) is 57.0 Å². The normalized spacial score (nSPS) is 13.2. The van der Waals surface area contributed by atoms with Crippen LogP contribution in [0.3, 0.4) is 0 Å². The molecular weight excluding hydrogens is 448 g/mol. The smallest absolute Gasteiger partial charge is 0.348 e. The molecule has 1 N–H and O–H groups in total. The molecule has 2 aromatic rings. The molecule has 0 saturated carbocycles. The van der Waals surface area contributed by atoms with Crippen molar-refractivity contribution >= 4 is 35.0 Å². The first-order chi connectivity index (χ1) is 15.5. The third-order valence-corrected chi connectivity index (χ3v) is 7.01. The summed E-state index contributed by atoms with van der Waals surface area (Å²) in [4.78, 5) is 32.1. The van der Waals surface area contributed by atoms with Crippen molar-refractivity contribution in [3.05, 3.63) is 45.0 Å². The molecule has 9 heteroatoms. The van der Waals surface area contributed by atoms with Gasteiger partial charge in [0.2, 0.25) is 5.91 Å². The average molecular weight is 479 g/mol. The van der Waals surface area contributed by atoms with Crippen LogP contribution in [0.4, 0.5) is 5.69 Å². The van der Waals surface area contributed by atoms with E-state index in [0.717, 1.165) is 56.6 Å². The number of anilines is 1. The molecule has 1 aliphatic rings. The fourth-order valence-electron chi connectivity index (χ4n) is 3.98. The van der Waals surface area contributed by atoms with Crippen LogP contribution in [0.25, 0.3) is 0 Å². The maximum absolute atomic E-state index is 12.8. The number of hydrogen-bond acceptors (Lipinski definition) is 6. The van der Waals surface area contributed by atoms with Crippen molar-refractivity contribution in [1.82, 2.24) is 14.5 Å². The number of carbonyl (C=O) groups is 1. The predicted octanol–water partition coefficient (Wildman–Crippen LogP) is 3.86. The minimum atomic E-state index is -0.225. The molecule has 1 amide bonds. The molecular formula is C23H31ClN4O3S. The molecule has 0 unspecified atom stereocenters. The minimum Gasteiger partial charge on any atom is -0.495 e. The first-order valence-corrected chi connectivity index (χ1v) is 12.4. The molecule has 1 aromatic heterocycles.